The van der Waals surface area contributed by atoms with E-state index in [1.807, 2.05) is 51.7 Å². The standard InChI is InChI=1S/C20H22N4O3S/c28-19-23(15-22-10-8-20(9-11-22)26-13-14-27-20)21-18(17-7-4-12-25-17)24(19)16-5-2-1-3-6-16/h1-7,12H,8-11,13-15H2. The number of aromatic nitrogens is 3. The quantitative estimate of drug-likeness (QED) is 0.628. The molecule has 146 valence electrons. The first-order valence-corrected chi connectivity index (χ1v) is 9.94. The lowest BCUT2D eigenvalue weighted by atomic mass is 10.0. The van der Waals surface area contributed by atoms with Crippen molar-refractivity contribution in [2.45, 2.75) is 25.3 Å². The zero-order valence-corrected chi connectivity index (χ0v) is 16.3. The second-order valence-corrected chi connectivity index (χ2v) is 7.49. The highest BCUT2D eigenvalue weighted by atomic mass is 32.1. The number of likely N-dealkylation sites (tertiary alicyclic amines) is 1. The zero-order chi connectivity index (χ0) is 19.0. The van der Waals surface area contributed by atoms with Crippen molar-refractivity contribution in [1.29, 1.82) is 0 Å². The summed E-state index contributed by atoms with van der Waals surface area (Å²) in [6.07, 6.45) is 3.38. The van der Waals surface area contributed by atoms with Crippen molar-refractivity contribution in [3.05, 3.63) is 53.5 Å². The van der Waals surface area contributed by atoms with Crippen LogP contribution in [0.25, 0.3) is 17.3 Å². The van der Waals surface area contributed by atoms with Crippen LogP contribution in [-0.2, 0) is 16.1 Å². The van der Waals surface area contributed by atoms with Crippen molar-refractivity contribution < 1.29 is 13.9 Å². The van der Waals surface area contributed by atoms with Gasteiger partial charge in [-0.1, -0.05) is 18.2 Å². The van der Waals surface area contributed by atoms with Gasteiger partial charge in [0, 0.05) is 25.9 Å². The predicted molar refractivity (Wildman–Crippen MR) is 106 cm³/mol. The molecule has 4 heterocycles. The molecule has 7 nitrogen and oxygen atoms in total. The molecule has 0 saturated carbocycles. The first kappa shape index (κ1) is 17.8. The molecule has 3 aromatic rings. The van der Waals surface area contributed by atoms with Gasteiger partial charge >= 0.3 is 0 Å². The summed E-state index contributed by atoms with van der Waals surface area (Å²) in [7, 11) is 0. The summed E-state index contributed by atoms with van der Waals surface area (Å²) >= 11 is 5.78. The monoisotopic (exact) mass is 398 g/mol. The molecule has 1 aromatic carbocycles. The van der Waals surface area contributed by atoms with Gasteiger partial charge in [-0.05, 0) is 36.5 Å². The van der Waals surface area contributed by atoms with Gasteiger partial charge in [0.2, 0.25) is 10.6 Å². The summed E-state index contributed by atoms with van der Waals surface area (Å²) in [4.78, 5) is 2.33. The van der Waals surface area contributed by atoms with E-state index in [0.29, 0.717) is 36.2 Å². The second kappa shape index (κ2) is 7.29. The summed E-state index contributed by atoms with van der Waals surface area (Å²) in [6, 6.07) is 13.8. The Balaban J connectivity index is 1.43. The smallest absolute Gasteiger partial charge is 0.204 e. The second-order valence-electron chi connectivity index (χ2n) is 7.12. The van der Waals surface area contributed by atoms with Crippen LogP contribution in [0.4, 0.5) is 0 Å². The molecule has 5 rings (SSSR count). The third-order valence-corrected chi connectivity index (χ3v) is 5.75. The van der Waals surface area contributed by atoms with E-state index in [9.17, 15) is 0 Å². The molecular formula is C20H22N4O3S. The van der Waals surface area contributed by atoms with Gasteiger partial charge in [-0.3, -0.25) is 9.47 Å². The number of ether oxygens (including phenoxy) is 2. The fourth-order valence-corrected chi connectivity index (χ4v) is 4.18. The third kappa shape index (κ3) is 3.22. The Hall–Kier alpha value is -2.26. The summed E-state index contributed by atoms with van der Waals surface area (Å²) in [5.41, 5.74) is 0.968. The first-order chi connectivity index (χ1) is 13.7. The number of piperidine rings is 1. The minimum atomic E-state index is -0.374. The molecule has 2 aromatic heterocycles. The van der Waals surface area contributed by atoms with E-state index >= 15 is 0 Å². The van der Waals surface area contributed by atoms with E-state index in [-0.39, 0.29) is 5.79 Å². The number of benzene rings is 1. The molecule has 8 heteroatoms. The number of hydrogen-bond donors (Lipinski definition) is 0. The summed E-state index contributed by atoms with van der Waals surface area (Å²) in [5, 5.41) is 4.79. The van der Waals surface area contributed by atoms with Crippen molar-refractivity contribution in [3.63, 3.8) is 0 Å². The number of rotatable bonds is 4. The lowest BCUT2D eigenvalue weighted by molar-refractivity contribution is -0.187. The molecule has 2 fully saturated rings. The topological polar surface area (TPSA) is 57.6 Å². The Morgan fingerprint density at radius 2 is 1.75 bits per heavy atom. The SMILES string of the molecule is S=c1n(CN2CCC3(CC2)OCCO3)nc(-c2ccco2)n1-c1ccccc1. The molecule has 1 spiro atoms. The largest absolute Gasteiger partial charge is 0.461 e. The molecule has 0 N–H and O–H groups in total. The highest BCUT2D eigenvalue weighted by Crippen LogP contribution is 2.31. The van der Waals surface area contributed by atoms with Gasteiger partial charge in [0.05, 0.1) is 31.8 Å². The molecule has 0 radical (unpaired) electrons. The van der Waals surface area contributed by atoms with Crippen molar-refractivity contribution in [3.8, 4) is 17.3 Å². The van der Waals surface area contributed by atoms with Crippen LogP contribution in [0, 0.1) is 4.77 Å². The normalized spacial score (nSPS) is 19.4. The molecule has 0 aliphatic carbocycles. The van der Waals surface area contributed by atoms with E-state index < -0.39 is 0 Å². The predicted octanol–water partition coefficient (Wildman–Crippen LogP) is 3.46. The Morgan fingerprint density at radius 3 is 2.43 bits per heavy atom. The van der Waals surface area contributed by atoms with E-state index in [2.05, 4.69) is 4.90 Å². The van der Waals surface area contributed by atoms with Crippen LogP contribution in [0.5, 0.6) is 0 Å². The number of para-hydroxylation sites is 1. The molecule has 2 aliphatic heterocycles. The van der Waals surface area contributed by atoms with Gasteiger partial charge in [-0.25, -0.2) is 4.68 Å². The van der Waals surface area contributed by atoms with E-state index in [0.717, 1.165) is 31.6 Å². The molecule has 0 amide bonds. The lowest BCUT2D eigenvalue weighted by Crippen LogP contribution is -2.45. The van der Waals surface area contributed by atoms with Gasteiger partial charge in [0.15, 0.2) is 11.5 Å². The average Bonchev–Trinajstić information content (AvgIpc) is 3.46. The zero-order valence-electron chi connectivity index (χ0n) is 15.5. The Morgan fingerprint density at radius 1 is 1.00 bits per heavy atom. The van der Waals surface area contributed by atoms with Gasteiger partial charge in [0.25, 0.3) is 0 Å². The summed E-state index contributed by atoms with van der Waals surface area (Å²) < 4.78 is 21.7. The molecule has 0 atom stereocenters. The van der Waals surface area contributed by atoms with Gasteiger partial charge < -0.3 is 13.9 Å². The fraction of sp³-hybridized carbons (Fsp3) is 0.400. The number of nitrogens with zero attached hydrogens (tertiary/aromatic N) is 4. The maximum absolute atomic E-state index is 5.83. The maximum Gasteiger partial charge on any atom is 0.204 e. The van der Waals surface area contributed by atoms with E-state index in [1.165, 1.54) is 0 Å². The van der Waals surface area contributed by atoms with Crippen LogP contribution in [-0.4, -0.2) is 51.3 Å². The third-order valence-electron chi connectivity index (χ3n) is 5.36. The molecular weight excluding hydrogens is 376 g/mol. The van der Waals surface area contributed by atoms with Crippen molar-refractivity contribution in [2.75, 3.05) is 26.3 Å². The van der Waals surface area contributed by atoms with Crippen LogP contribution in [0.1, 0.15) is 12.8 Å². The minimum Gasteiger partial charge on any atom is -0.461 e. The van der Waals surface area contributed by atoms with Gasteiger partial charge in [-0.15, -0.1) is 5.10 Å². The fourth-order valence-electron chi connectivity index (χ4n) is 3.89. The molecule has 0 unspecified atom stereocenters. The number of furan rings is 1. The van der Waals surface area contributed by atoms with Crippen LogP contribution in [0.15, 0.2) is 53.1 Å². The Kier molecular flexibility index (Phi) is 4.64. The minimum absolute atomic E-state index is 0.374. The van der Waals surface area contributed by atoms with Crippen LogP contribution in [0.3, 0.4) is 0 Å². The van der Waals surface area contributed by atoms with Crippen molar-refractivity contribution in [2.24, 2.45) is 0 Å². The summed E-state index contributed by atoms with van der Waals surface area (Å²) in [6.45, 7) is 3.78. The number of hydrogen-bond acceptors (Lipinski definition) is 6. The highest BCUT2D eigenvalue weighted by Gasteiger charge is 2.39. The van der Waals surface area contributed by atoms with E-state index in [1.54, 1.807) is 6.26 Å². The first-order valence-electron chi connectivity index (χ1n) is 9.54. The average molecular weight is 398 g/mol. The van der Waals surface area contributed by atoms with Gasteiger partial charge in [0.1, 0.15) is 0 Å². The molecule has 2 aliphatic rings. The van der Waals surface area contributed by atoms with Gasteiger partial charge in [-0.2, -0.15) is 0 Å². The Bertz CT molecular complexity index is 980. The molecule has 0 bridgehead atoms. The molecule has 2 saturated heterocycles. The van der Waals surface area contributed by atoms with Crippen molar-refractivity contribution in [1.82, 2.24) is 19.2 Å². The van der Waals surface area contributed by atoms with E-state index in [4.69, 9.17) is 31.2 Å². The highest BCUT2D eigenvalue weighted by molar-refractivity contribution is 7.71. The van der Waals surface area contributed by atoms with Crippen LogP contribution >= 0.6 is 12.2 Å². The van der Waals surface area contributed by atoms with Crippen LogP contribution in [0.2, 0.25) is 0 Å². The summed E-state index contributed by atoms with van der Waals surface area (Å²) in [5.74, 6) is 1.02. The Labute approximate surface area is 168 Å². The molecule has 28 heavy (non-hydrogen) atoms. The maximum atomic E-state index is 5.83. The lowest BCUT2D eigenvalue weighted by Gasteiger charge is -2.37. The van der Waals surface area contributed by atoms with Crippen molar-refractivity contribution >= 4 is 12.2 Å². The van der Waals surface area contributed by atoms with Crippen LogP contribution < -0.4 is 0 Å².